The third-order valence-corrected chi connectivity index (χ3v) is 4.08. The predicted molar refractivity (Wildman–Crippen MR) is 80.3 cm³/mol. The Hall–Kier alpha value is -1.37. The molecule has 106 valence electrons. The Kier molecular flexibility index (Phi) is 3.78. The molecule has 1 aromatic heterocycles. The number of fused-ring (bicyclic) bond motifs is 1. The molecule has 0 radical (unpaired) electrons. The van der Waals surface area contributed by atoms with Gasteiger partial charge in [-0.05, 0) is 29.7 Å². The van der Waals surface area contributed by atoms with Crippen LogP contribution in [0.5, 0.6) is 5.75 Å². The first kappa shape index (κ1) is 13.6. The molecule has 3 rings (SSSR count). The Morgan fingerprint density at radius 3 is 3.10 bits per heavy atom. The summed E-state index contributed by atoms with van der Waals surface area (Å²) in [5, 5.41) is 0. The number of aryl methyl sites for hydroxylation is 1. The van der Waals surface area contributed by atoms with E-state index in [9.17, 15) is 0 Å². The molecule has 5 nitrogen and oxygen atoms in total. The van der Waals surface area contributed by atoms with Crippen molar-refractivity contribution in [3.8, 4) is 5.75 Å². The molecule has 0 saturated carbocycles. The van der Waals surface area contributed by atoms with Crippen LogP contribution < -0.4 is 16.0 Å². The van der Waals surface area contributed by atoms with Crippen molar-refractivity contribution in [1.29, 1.82) is 0 Å². The molecule has 1 atom stereocenters. The van der Waals surface area contributed by atoms with Crippen LogP contribution in [0.25, 0.3) is 0 Å². The molecule has 0 spiro atoms. The van der Waals surface area contributed by atoms with Crippen LogP contribution in [0.15, 0.2) is 29.0 Å². The van der Waals surface area contributed by atoms with Crippen molar-refractivity contribution in [2.24, 2.45) is 12.9 Å². The molecule has 0 amide bonds. The second-order valence-electron chi connectivity index (χ2n) is 4.97. The molecule has 0 fully saturated rings. The summed E-state index contributed by atoms with van der Waals surface area (Å²) < 4.78 is 8.81. The number of benzene rings is 1. The van der Waals surface area contributed by atoms with Crippen molar-refractivity contribution in [3.05, 3.63) is 46.0 Å². The van der Waals surface area contributed by atoms with Gasteiger partial charge in [-0.3, -0.25) is 5.84 Å². The molecule has 2 heterocycles. The summed E-state index contributed by atoms with van der Waals surface area (Å²) in [5.74, 6) is 7.63. The van der Waals surface area contributed by atoms with Crippen LogP contribution in [0.4, 0.5) is 0 Å². The van der Waals surface area contributed by atoms with Gasteiger partial charge in [0.1, 0.15) is 11.6 Å². The van der Waals surface area contributed by atoms with Gasteiger partial charge >= 0.3 is 0 Å². The molecule has 1 aliphatic rings. The highest BCUT2D eigenvalue weighted by Crippen LogP contribution is 2.35. The molecular weight excluding hydrogens is 320 g/mol. The molecular formula is C14H17BrN4O. The summed E-state index contributed by atoms with van der Waals surface area (Å²) in [4.78, 5) is 4.37. The van der Waals surface area contributed by atoms with E-state index >= 15 is 0 Å². The number of ether oxygens (including phenoxy) is 1. The number of rotatable bonds is 4. The first-order valence-electron chi connectivity index (χ1n) is 6.56. The summed E-state index contributed by atoms with van der Waals surface area (Å²) in [6, 6.07) is 4.17. The van der Waals surface area contributed by atoms with Crippen molar-refractivity contribution in [3.63, 3.8) is 0 Å². The topological polar surface area (TPSA) is 65.1 Å². The van der Waals surface area contributed by atoms with Crippen LogP contribution in [0, 0.1) is 0 Å². The fourth-order valence-corrected chi connectivity index (χ4v) is 3.21. The number of hydrogen-bond acceptors (Lipinski definition) is 4. The van der Waals surface area contributed by atoms with E-state index in [2.05, 4.69) is 38.5 Å². The molecule has 3 N–H and O–H groups in total. The number of halogens is 1. The zero-order valence-corrected chi connectivity index (χ0v) is 12.9. The lowest BCUT2D eigenvalue weighted by Gasteiger charge is -2.17. The molecule has 2 aromatic rings. The van der Waals surface area contributed by atoms with Crippen LogP contribution in [-0.2, 0) is 19.9 Å². The van der Waals surface area contributed by atoms with Crippen LogP contribution in [-0.4, -0.2) is 16.2 Å². The second-order valence-corrected chi connectivity index (χ2v) is 5.89. The smallest absolute Gasteiger partial charge is 0.127 e. The maximum absolute atomic E-state index is 5.76. The molecule has 6 heteroatoms. The minimum Gasteiger partial charge on any atom is -0.493 e. The number of aromatic nitrogens is 2. The van der Waals surface area contributed by atoms with E-state index in [1.807, 2.05) is 17.8 Å². The van der Waals surface area contributed by atoms with E-state index in [0.717, 1.165) is 41.1 Å². The summed E-state index contributed by atoms with van der Waals surface area (Å²) in [6.45, 7) is 0.752. The highest BCUT2D eigenvalue weighted by molar-refractivity contribution is 9.10. The summed E-state index contributed by atoms with van der Waals surface area (Å²) >= 11 is 3.56. The van der Waals surface area contributed by atoms with Gasteiger partial charge in [-0.2, -0.15) is 0 Å². The quantitative estimate of drug-likeness (QED) is 0.660. The van der Waals surface area contributed by atoms with E-state index in [1.54, 1.807) is 6.20 Å². The molecule has 1 aromatic carbocycles. The second kappa shape index (κ2) is 5.55. The third kappa shape index (κ3) is 2.46. The van der Waals surface area contributed by atoms with Gasteiger partial charge in [-0.1, -0.05) is 15.9 Å². The van der Waals surface area contributed by atoms with Gasteiger partial charge in [0.25, 0.3) is 0 Å². The van der Waals surface area contributed by atoms with E-state index in [1.165, 1.54) is 5.56 Å². The van der Waals surface area contributed by atoms with Gasteiger partial charge in [0, 0.05) is 30.3 Å². The SMILES string of the molecule is Cn1ccnc1C(Cc1cc(Br)cc2c1OCC2)NN. The van der Waals surface area contributed by atoms with Gasteiger partial charge in [0.2, 0.25) is 0 Å². The van der Waals surface area contributed by atoms with Crippen LogP contribution in [0.3, 0.4) is 0 Å². The molecule has 20 heavy (non-hydrogen) atoms. The molecule has 1 aliphatic heterocycles. The number of hydrazine groups is 1. The lowest BCUT2D eigenvalue weighted by Crippen LogP contribution is -2.31. The van der Waals surface area contributed by atoms with Crippen LogP contribution in [0.1, 0.15) is 23.0 Å². The Morgan fingerprint density at radius 2 is 2.40 bits per heavy atom. The Balaban J connectivity index is 1.92. The monoisotopic (exact) mass is 336 g/mol. The zero-order chi connectivity index (χ0) is 14.1. The van der Waals surface area contributed by atoms with Crippen molar-refractivity contribution in [2.75, 3.05) is 6.61 Å². The molecule has 0 aliphatic carbocycles. The van der Waals surface area contributed by atoms with E-state index in [-0.39, 0.29) is 6.04 Å². The maximum Gasteiger partial charge on any atom is 0.127 e. The summed E-state index contributed by atoms with van der Waals surface area (Å²) in [6.07, 6.45) is 5.40. The first-order valence-corrected chi connectivity index (χ1v) is 7.36. The van der Waals surface area contributed by atoms with E-state index in [4.69, 9.17) is 10.6 Å². The van der Waals surface area contributed by atoms with Gasteiger partial charge in [0.05, 0.1) is 12.6 Å². The van der Waals surface area contributed by atoms with Gasteiger partial charge < -0.3 is 9.30 Å². The Morgan fingerprint density at radius 1 is 1.55 bits per heavy atom. The average molecular weight is 337 g/mol. The highest BCUT2D eigenvalue weighted by Gasteiger charge is 2.22. The van der Waals surface area contributed by atoms with Crippen molar-refractivity contribution >= 4 is 15.9 Å². The van der Waals surface area contributed by atoms with Crippen molar-refractivity contribution in [1.82, 2.24) is 15.0 Å². The van der Waals surface area contributed by atoms with Gasteiger partial charge in [-0.15, -0.1) is 0 Å². The summed E-state index contributed by atoms with van der Waals surface area (Å²) in [5.41, 5.74) is 5.26. The average Bonchev–Trinajstić information content (AvgIpc) is 3.04. The van der Waals surface area contributed by atoms with Crippen molar-refractivity contribution in [2.45, 2.75) is 18.9 Å². The fraction of sp³-hybridized carbons (Fsp3) is 0.357. The largest absolute Gasteiger partial charge is 0.493 e. The van der Waals surface area contributed by atoms with Gasteiger partial charge in [-0.25, -0.2) is 10.4 Å². The Bertz CT molecular complexity index is 626. The van der Waals surface area contributed by atoms with E-state index < -0.39 is 0 Å². The van der Waals surface area contributed by atoms with Gasteiger partial charge in [0.15, 0.2) is 0 Å². The predicted octanol–water partition coefficient (Wildman–Crippen LogP) is 1.86. The highest BCUT2D eigenvalue weighted by atomic mass is 79.9. The third-order valence-electron chi connectivity index (χ3n) is 3.62. The number of hydrogen-bond donors (Lipinski definition) is 2. The van der Waals surface area contributed by atoms with E-state index in [0.29, 0.717) is 0 Å². The standard InChI is InChI=1S/C14H17BrN4O/c1-19-4-3-17-14(19)12(18-16)8-10-7-11(15)6-9-2-5-20-13(9)10/h3-4,6-7,12,18H,2,5,8,16H2,1H3. The first-order chi connectivity index (χ1) is 9.69. The zero-order valence-electron chi connectivity index (χ0n) is 11.3. The number of nitrogens with one attached hydrogen (secondary N) is 1. The Labute approximate surface area is 126 Å². The minimum absolute atomic E-state index is 0.0439. The summed E-state index contributed by atoms with van der Waals surface area (Å²) in [7, 11) is 1.97. The maximum atomic E-state index is 5.76. The van der Waals surface area contributed by atoms with Crippen molar-refractivity contribution < 1.29 is 4.74 Å². The number of nitrogens with two attached hydrogens (primary N) is 1. The minimum atomic E-state index is -0.0439. The fourth-order valence-electron chi connectivity index (χ4n) is 2.66. The molecule has 0 saturated heterocycles. The number of imidazole rings is 1. The van der Waals surface area contributed by atoms with Crippen LogP contribution in [0.2, 0.25) is 0 Å². The van der Waals surface area contributed by atoms with Crippen LogP contribution >= 0.6 is 15.9 Å². The molecule has 1 unspecified atom stereocenters. The lowest BCUT2D eigenvalue weighted by atomic mass is 10.0. The normalized spacial score (nSPS) is 14.9. The molecule has 0 bridgehead atoms. The lowest BCUT2D eigenvalue weighted by molar-refractivity contribution is 0.351. The number of nitrogens with zero attached hydrogens (tertiary/aromatic N) is 2.